The summed E-state index contributed by atoms with van der Waals surface area (Å²) >= 11 is 3.46. The lowest BCUT2D eigenvalue weighted by Gasteiger charge is -2.34. The van der Waals surface area contributed by atoms with Gasteiger partial charge in [0.2, 0.25) is 0 Å². The first-order valence-corrected chi connectivity index (χ1v) is 6.65. The maximum absolute atomic E-state index is 5.90. The standard InChI is InChI=1S/C12H18BrN3/c13-11-6-10(8-15-9-11)12(7-14)16-4-2-1-3-5-16/h6,8-9,12H,1-5,7,14H2/t12-/m1/s1. The zero-order chi connectivity index (χ0) is 11.4. The molecular weight excluding hydrogens is 266 g/mol. The minimum Gasteiger partial charge on any atom is -0.329 e. The molecule has 0 radical (unpaired) electrons. The lowest BCUT2D eigenvalue weighted by molar-refractivity contribution is 0.167. The van der Waals surface area contributed by atoms with Gasteiger partial charge in [0.25, 0.3) is 0 Å². The van der Waals surface area contributed by atoms with Crippen LogP contribution in [-0.4, -0.2) is 29.5 Å². The van der Waals surface area contributed by atoms with E-state index in [1.807, 2.05) is 12.4 Å². The summed E-state index contributed by atoms with van der Waals surface area (Å²) in [5, 5.41) is 0. The second-order valence-electron chi connectivity index (χ2n) is 4.28. The van der Waals surface area contributed by atoms with Crippen LogP contribution in [0.1, 0.15) is 30.9 Å². The highest BCUT2D eigenvalue weighted by Crippen LogP contribution is 2.24. The van der Waals surface area contributed by atoms with Crippen LogP contribution in [0, 0.1) is 0 Å². The van der Waals surface area contributed by atoms with Crippen LogP contribution in [0.15, 0.2) is 22.9 Å². The fraction of sp³-hybridized carbons (Fsp3) is 0.583. The van der Waals surface area contributed by atoms with Crippen molar-refractivity contribution < 1.29 is 0 Å². The smallest absolute Gasteiger partial charge is 0.0486 e. The highest BCUT2D eigenvalue weighted by molar-refractivity contribution is 9.10. The lowest BCUT2D eigenvalue weighted by Crippen LogP contribution is -2.37. The zero-order valence-electron chi connectivity index (χ0n) is 9.40. The number of halogens is 1. The third-order valence-corrected chi connectivity index (χ3v) is 3.60. The Balaban J connectivity index is 2.14. The van der Waals surface area contributed by atoms with Crippen molar-refractivity contribution in [3.05, 3.63) is 28.5 Å². The number of piperidine rings is 1. The van der Waals surface area contributed by atoms with Crippen LogP contribution >= 0.6 is 15.9 Å². The second kappa shape index (κ2) is 5.75. The molecule has 88 valence electrons. The number of nitrogens with zero attached hydrogens (tertiary/aromatic N) is 2. The molecule has 1 atom stereocenters. The molecule has 0 unspecified atom stereocenters. The molecule has 1 aromatic heterocycles. The minimum absolute atomic E-state index is 0.324. The van der Waals surface area contributed by atoms with E-state index in [0.29, 0.717) is 12.6 Å². The number of hydrogen-bond donors (Lipinski definition) is 1. The summed E-state index contributed by atoms with van der Waals surface area (Å²) in [6.45, 7) is 2.99. The number of pyridine rings is 1. The van der Waals surface area contributed by atoms with E-state index in [2.05, 4.69) is 31.9 Å². The molecule has 16 heavy (non-hydrogen) atoms. The van der Waals surface area contributed by atoms with E-state index >= 15 is 0 Å². The molecule has 1 aliphatic heterocycles. The predicted molar refractivity (Wildman–Crippen MR) is 69.2 cm³/mol. The summed E-state index contributed by atoms with van der Waals surface area (Å²) in [4.78, 5) is 6.70. The van der Waals surface area contributed by atoms with Gasteiger partial charge in [-0.05, 0) is 53.5 Å². The normalized spacial score (nSPS) is 19.6. The molecule has 2 N–H and O–H groups in total. The highest BCUT2D eigenvalue weighted by atomic mass is 79.9. The number of aromatic nitrogens is 1. The molecule has 0 amide bonds. The van der Waals surface area contributed by atoms with Crippen molar-refractivity contribution in [2.75, 3.05) is 19.6 Å². The zero-order valence-corrected chi connectivity index (χ0v) is 11.0. The van der Waals surface area contributed by atoms with Crippen LogP contribution in [0.4, 0.5) is 0 Å². The molecule has 2 rings (SSSR count). The molecule has 0 aliphatic carbocycles. The molecule has 1 fully saturated rings. The van der Waals surface area contributed by atoms with E-state index in [9.17, 15) is 0 Å². The van der Waals surface area contributed by atoms with Gasteiger partial charge >= 0.3 is 0 Å². The van der Waals surface area contributed by atoms with Gasteiger partial charge in [0.1, 0.15) is 0 Å². The van der Waals surface area contributed by atoms with Crippen molar-refractivity contribution in [3.63, 3.8) is 0 Å². The van der Waals surface area contributed by atoms with E-state index in [-0.39, 0.29) is 0 Å². The topological polar surface area (TPSA) is 42.1 Å². The fourth-order valence-electron chi connectivity index (χ4n) is 2.34. The van der Waals surface area contributed by atoms with Crippen molar-refractivity contribution in [3.8, 4) is 0 Å². The summed E-state index contributed by atoms with van der Waals surface area (Å²) in [6.07, 6.45) is 7.67. The van der Waals surface area contributed by atoms with Crippen LogP contribution in [0.5, 0.6) is 0 Å². The Morgan fingerprint density at radius 2 is 2.06 bits per heavy atom. The number of hydrogen-bond acceptors (Lipinski definition) is 3. The Morgan fingerprint density at radius 3 is 2.69 bits per heavy atom. The summed E-state index contributed by atoms with van der Waals surface area (Å²) < 4.78 is 1.03. The summed E-state index contributed by atoms with van der Waals surface area (Å²) in [5.41, 5.74) is 7.12. The van der Waals surface area contributed by atoms with Crippen molar-refractivity contribution >= 4 is 15.9 Å². The lowest BCUT2D eigenvalue weighted by atomic mass is 10.0. The van der Waals surface area contributed by atoms with Crippen molar-refractivity contribution in [1.82, 2.24) is 9.88 Å². The predicted octanol–water partition coefficient (Wildman–Crippen LogP) is 2.33. The maximum atomic E-state index is 5.90. The summed E-state index contributed by atoms with van der Waals surface area (Å²) in [5.74, 6) is 0. The molecule has 1 aliphatic rings. The Kier molecular flexibility index (Phi) is 4.32. The maximum Gasteiger partial charge on any atom is 0.0486 e. The van der Waals surface area contributed by atoms with Crippen LogP contribution in [0.3, 0.4) is 0 Å². The number of nitrogens with two attached hydrogens (primary N) is 1. The van der Waals surface area contributed by atoms with Gasteiger partial charge in [-0.15, -0.1) is 0 Å². The van der Waals surface area contributed by atoms with E-state index in [1.54, 1.807) is 0 Å². The van der Waals surface area contributed by atoms with Gasteiger partial charge in [0, 0.05) is 29.5 Å². The monoisotopic (exact) mass is 283 g/mol. The molecule has 1 aromatic rings. The Morgan fingerprint density at radius 1 is 1.31 bits per heavy atom. The number of likely N-dealkylation sites (tertiary alicyclic amines) is 1. The Hall–Kier alpha value is -0.450. The van der Waals surface area contributed by atoms with Crippen molar-refractivity contribution in [2.45, 2.75) is 25.3 Å². The van der Waals surface area contributed by atoms with E-state index in [1.165, 1.54) is 24.8 Å². The van der Waals surface area contributed by atoms with Gasteiger partial charge < -0.3 is 5.73 Å². The summed E-state index contributed by atoms with van der Waals surface area (Å²) in [7, 11) is 0. The van der Waals surface area contributed by atoms with E-state index < -0.39 is 0 Å². The Bertz CT molecular complexity index is 337. The fourth-order valence-corrected chi connectivity index (χ4v) is 2.72. The largest absolute Gasteiger partial charge is 0.329 e. The van der Waals surface area contributed by atoms with Crippen molar-refractivity contribution in [2.24, 2.45) is 5.73 Å². The van der Waals surface area contributed by atoms with Crippen molar-refractivity contribution in [1.29, 1.82) is 0 Å². The average molecular weight is 284 g/mol. The average Bonchev–Trinajstić information content (AvgIpc) is 2.31. The number of rotatable bonds is 3. The first-order valence-electron chi connectivity index (χ1n) is 5.86. The molecule has 0 spiro atoms. The SMILES string of the molecule is NC[C@H](c1cncc(Br)c1)N1CCCCC1. The highest BCUT2D eigenvalue weighted by Gasteiger charge is 2.21. The quantitative estimate of drug-likeness (QED) is 0.926. The molecule has 0 bridgehead atoms. The van der Waals surface area contributed by atoms with Crippen LogP contribution in [0.25, 0.3) is 0 Å². The molecule has 0 aromatic carbocycles. The van der Waals surface area contributed by atoms with E-state index in [0.717, 1.165) is 17.6 Å². The molecular formula is C12H18BrN3. The third-order valence-electron chi connectivity index (χ3n) is 3.17. The van der Waals surface area contributed by atoms with Crippen LogP contribution in [0.2, 0.25) is 0 Å². The molecule has 4 heteroatoms. The first-order chi connectivity index (χ1) is 7.81. The first kappa shape index (κ1) is 12.0. The second-order valence-corrected chi connectivity index (χ2v) is 5.20. The van der Waals surface area contributed by atoms with Crippen LogP contribution in [-0.2, 0) is 0 Å². The Labute approximate surface area is 105 Å². The molecule has 3 nitrogen and oxygen atoms in total. The van der Waals surface area contributed by atoms with Gasteiger partial charge in [0.15, 0.2) is 0 Å². The third kappa shape index (κ3) is 2.81. The minimum atomic E-state index is 0.324. The summed E-state index contributed by atoms with van der Waals surface area (Å²) in [6, 6.07) is 2.45. The van der Waals surface area contributed by atoms with Crippen LogP contribution < -0.4 is 5.73 Å². The molecule has 0 saturated carbocycles. The van der Waals surface area contributed by atoms with Gasteiger partial charge in [-0.3, -0.25) is 9.88 Å². The molecule has 1 saturated heterocycles. The van der Waals surface area contributed by atoms with Gasteiger partial charge in [-0.1, -0.05) is 6.42 Å². The van der Waals surface area contributed by atoms with Gasteiger partial charge in [0.05, 0.1) is 0 Å². The van der Waals surface area contributed by atoms with E-state index in [4.69, 9.17) is 5.73 Å². The molecule has 2 heterocycles. The van der Waals surface area contributed by atoms with Gasteiger partial charge in [-0.2, -0.15) is 0 Å². The van der Waals surface area contributed by atoms with Gasteiger partial charge in [-0.25, -0.2) is 0 Å².